The zero-order chi connectivity index (χ0) is 14.7. The van der Waals surface area contributed by atoms with Gasteiger partial charge in [-0.05, 0) is 19.4 Å². The summed E-state index contributed by atoms with van der Waals surface area (Å²) >= 11 is 0. The van der Waals surface area contributed by atoms with Crippen LogP contribution in [0.25, 0.3) is 9.69 Å². The van der Waals surface area contributed by atoms with Crippen molar-refractivity contribution >= 4 is 17.2 Å². The standard InChI is InChI=1S/C17H12N2O/c1-11-10-14(18-3)6-7-15(11)17(20)13-5-8-16(19-4)12(2)9-13/h5-10H,1-2H3. The van der Waals surface area contributed by atoms with Crippen LogP contribution in [0.5, 0.6) is 0 Å². The molecule has 96 valence electrons. The number of hydrogen-bond acceptors (Lipinski definition) is 1. The first-order valence-corrected chi connectivity index (χ1v) is 6.07. The van der Waals surface area contributed by atoms with Gasteiger partial charge in [-0.25, -0.2) is 9.69 Å². The van der Waals surface area contributed by atoms with Gasteiger partial charge in [0.1, 0.15) is 0 Å². The second kappa shape index (κ2) is 5.38. The van der Waals surface area contributed by atoms with Crippen LogP contribution in [-0.2, 0) is 0 Å². The maximum absolute atomic E-state index is 12.5. The number of ketones is 1. The number of hydrogen-bond donors (Lipinski definition) is 0. The van der Waals surface area contributed by atoms with E-state index in [9.17, 15) is 4.79 Å². The maximum Gasteiger partial charge on any atom is 0.193 e. The number of carbonyl (C=O) groups excluding carboxylic acids is 1. The minimum absolute atomic E-state index is 0.0846. The van der Waals surface area contributed by atoms with Crippen LogP contribution in [0, 0.1) is 27.0 Å². The Balaban J connectivity index is 2.45. The number of carbonyl (C=O) groups is 1. The molecule has 0 N–H and O–H groups in total. The van der Waals surface area contributed by atoms with Crippen LogP contribution in [0.2, 0.25) is 0 Å². The molecule has 0 aliphatic carbocycles. The van der Waals surface area contributed by atoms with Crippen molar-refractivity contribution in [2.75, 3.05) is 0 Å². The van der Waals surface area contributed by atoms with Gasteiger partial charge in [0, 0.05) is 11.1 Å². The molecular weight excluding hydrogens is 248 g/mol. The van der Waals surface area contributed by atoms with Gasteiger partial charge < -0.3 is 0 Å². The number of rotatable bonds is 2. The van der Waals surface area contributed by atoms with Crippen LogP contribution in [0.4, 0.5) is 11.4 Å². The van der Waals surface area contributed by atoms with Crippen LogP contribution >= 0.6 is 0 Å². The maximum atomic E-state index is 12.5. The van der Waals surface area contributed by atoms with Gasteiger partial charge in [0.05, 0.1) is 13.1 Å². The Morgan fingerprint density at radius 2 is 1.70 bits per heavy atom. The van der Waals surface area contributed by atoms with Crippen molar-refractivity contribution < 1.29 is 4.79 Å². The van der Waals surface area contributed by atoms with Gasteiger partial charge in [0.2, 0.25) is 0 Å². The quantitative estimate of drug-likeness (QED) is 0.570. The third-order valence-electron chi connectivity index (χ3n) is 3.16. The third-order valence-corrected chi connectivity index (χ3v) is 3.16. The summed E-state index contributed by atoms with van der Waals surface area (Å²) in [6, 6.07) is 10.1. The Labute approximate surface area is 118 Å². The number of benzene rings is 2. The molecule has 2 rings (SSSR count). The summed E-state index contributed by atoms with van der Waals surface area (Å²) in [6.07, 6.45) is 0. The highest BCUT2D eigenvalue weighted by Gasteiger charge is 2.13. The van der Waals surface area contributed by atoms with Crippen molar-refractivity contribution in [2.45, 2.75) is 13.8 Å². The van der Waals surface area contributed by atoms with E-state index >= 15 is 0 Å². The van der Waals surface area contributed by atoms with Crippen molar-refractivity contribution in [3.05, 3.63) is 81.5 Å². The summed E-state index contributed by atoms with van der Waals surface area (Å²) in [4.78, 5) is 19.2. The molecule has 20 heavy (non-hydrogen) atoms. The molecule has 2 aromatic carbocycles. The molecule has 0 atom stereocenters. The average molecular weight is 260 g/mol. The summed E-state index contributed by atoms with van der Waals surface area (Å²) in [7, 11) is 0. The molecular formula is C17H12N2O. The molecule has 0 fully saturated rings. The van der Waals surface area contributed by atoms with E-state index in [1.807, 2.05) is 13.8 Å². The molecule has 3 nitrogen and oxygen atoms in total. The first kappa shape index (κ1) is 13.5. The van der Waals surface area contributed by atoms with E-state index in [0.717, 1.165) is 11.1 Å². The summed E-state index contributed by atoms with van der Waals surface area (Å²) in [5, 5.41) is 0. The average Bonchev–Trinajstić information content (AvgIpc) is 2.46. The Morgan fingerprint density at radius 1 is 0.950 bits per heavy atom. The third kappa shape index (κ3) is 2.43. The van der Waals surface area contributed by atoms with Gasteiger partial charge in [0.25, 0.3) is 0 Å². The topological polar surface area (TPSA) is 25.8 Å². The second-order valence-electron chi connectivity index (χ2n) is 4.55. The molecule has 2 aromatic rings. The largest absolute Gasteiger partial charge is 0.289 e. The fourth-order valence-corrected chi connectivity index (χ4v) is 2.05. The highest BCUT2D eigenvalue weighted by atomic mass is 16.1. The molecule has 0 aromatic heterocycles. The molecule has 0 saturated carbocycles. The number of aryl methyl sites for hydroxylation is 2. The second-order valence-corrected chi connectivity index (χ2v) is 4.55. The van der Waals surface area contributed by atoms with E-state index in [4.69, 9.17) is 13.1 Å². The first-order valence-electron chi connectivity index (χ1n) is 6.07. The number of nitrogens with zero attached hydrogens (tertiary/aromatic N) is 2. The smallest absolute Gasteiger partial charge is 0.193 e. The molecule has 0 aliphatic rings. The van der Waals surface area contributed by atoms with Crippen LogP contribution in [0.3, 0.4) is 0 Å². The Bertz CT molecular complexity index is 777. The van der Waals surface area contributed by atoms with Crippen molar-refractivity contribution in [3.8, 4) is 0 Å². The SMILES string of the molecule is [C-]#[N+]c1ccc(C(=O)c2ccc([N+]#[C-])c(C)c2)c(C)c1. The molecule has 0 unspecified atom stereocenters. The lowest BCUT2D eigenvalue weighted by Gasteiger charge is -2.07. The Hall–Kier alpha value is -2.91. The van der Waals surface area contributed by atoms with Gasteiger partial charge in [0.15, 0.2) is 17.2 Å². The van der Waals surface area contributed by atoms with E-state index < -0.39 is 0 Å². The van der Waals surface area contributed by atoms with Gasteiger partial charge in [-0.3, -0.25) is 4.79 Å². The Kier molecular flexibility index (Phi) is 3.64. The molecule has 0 bridgehead atoms. The molecule has 3 heteroatoms. The predicted octanol–water partition coefficient (Wildman–Crippen LogP) is 4.64. The van der Waals surface area contributed by atoms with Gasteiger partial charge in [-0.2, -0.15) is 0 Å². The molecule has 0 radical (unpaired) electrons. The summed E-state index contributed by atoms with van der Waals surface area (Å²) in [5.74, 6) is -0.0846. The molecule has 0 amide bonds. The van der Waals surface area contributed by atoms with E-state index in [2.05, 4.69) is 9.69 Å². The van der Waals surface area contributed by atoms with Gasteiger partial charge in [-0.1, -0.05) is 42.0 Å². The summed E-state index contributed by atoms with van der Waals surface area (Å²) in [5.41, 5.74) is 3.82. The normalized spacial score (nSPS) is 9.60. The van der Waals surface area contributed by atoms with Crippen LogP contribution in [-0.4, -0.2) is 5.78 Å². The molecule has 0 heterocycles. The lowest BCUT2D eigenvalue weighted by molar-refractivity contribution is 0.103. The minimum Gasteiger partial charge on any atom is -0.289 e. The lowest BCUT2D eigenvalue weighted by atomic mass is 9.97. The van der Waals surface area contributed by atoms with Crippen molar-refractivity contribution in [1.29, 1.82) is 0 Å². The zero-order valence-electron chi connectivity index (χ0n) is 11.3. The van der Waals surface area contributed by atoms with Crippen LogP contribution < -0.4 is 0 Å². The van der Waals surface area contributed by atoms with Gasteiger partial charge in [-0.15, -0.1) is 0 Å². The van der Waals surface area contributed by atoms with Crippen molar-refractivity contribution in [2.24, 2.45) is 0 Å². The van der Waals surface area contributed by atoms with Crippen molar-refractivity contribution in [3.63, 3.8) is 0 Å². The highest BCUT2D eigenvalue weighted by Crippen LogP contribution is 2.24. The van der Waals surface area contributed by atoms with Crippen molar-refractivity contribution in [1.82, 2.24) is 0 Å². The fourth-order valence-electron chi connectivity index (χ4n) is 2.05. The first-order chi connectivity index (χ1) is 9.56. The summed E-state index contributed by atoms with van der Waals surface area (Å²) < 4.78 is 0. The van der Waals surface area contributed by atoms with Gasteiger partial charge >= 0.3 is 0 Å². The van der Waals surface area contributed by atoms with E-state index in [1.165, 1.54) is 0 Å². The van der Waals surface area contributed by atoms with Crippen LogP contribution in [0.15, 0.2) is 36.4 Å². The lowest BCUT2D eigenvalue weighted by Crippen LogP contribution is -2.03. The fraction of sp³-hybridized carbons (Fsp3) is 0.118. The predicted molar refractivity (Wildman–Crippen MR) is 78.3 cm³/mol. The Morgan fingerprint density at radius 3 is 2.25 bits per heavy atom. The van der Waals surface area contributed by atoms with Crippen LogP contribution in [0.1, 0.15) is 27.0 Å². The monoisotopic (exact) mass is 260 g/mol. The highest BCUT2D eigenvalue weighted by molar-refractivity contribution is 6.10. The van der Waals surface area contributed by atoms with E-state index in [0.29, 0.717) is 22.5 Å². The summed E-state index contributed by atoms with van der Waals surface area (Å²) in [6.45, 7) is 17.6. The molecule has 0 saturated heterocycles. The molecule has 0 spiro atoms. The van der Waals surface area contributed by atoms with E-state index in [1.54, 1.807) is 36.4 Å². The zero-order valence-corrected chi connectivity index (χ0v) is 11.3. The van der Waals surface area contributed by atoms with E-state index in [-0.39, 0.29) is 5.78 Å². The minimum atomic E-state index is -0.0846. The molecule has 0 aliphatic heterocycles.